The lowest BCUT2D eigenvalue weighted by atomic mass is 10.1. The van der Waals surface area contributed by atoms with E-state index in [1.807, 2.05) is 13.8 Å². The molecular formula is C14H34NO8PSi2. The average Bonchev–Trinajstić information content (AvgIpc) is 2.63. The lowest BCUT2D eigenvalue weighted by Gasteiger charge is -2.38. The molecular weight excluding hydrogens is 397 g/mol. The number of hydrogen-bond acceptors (Lipinski definition) is 8. The average molecular weight is 432 g/mol. The number of nitrogens with zero attached hydrogens (tertiary/aromatic N) is 1. The highest BCUT2D eigenvalue weighted by Gasteiger charge is 2.53. The zero-order chi connectivity index (χ0) is 20.4. The summed E-state index contributed by atoms with van der Waals surface area (Å²) in [4.78, 5) is 11.6. The molecule has 0 saturated carbocycles. The first-order valence-electron chi connectivity index (χ1n) is 8.33. The highest BCUT2D eigenvalue weighted by atomic mass is 31.1. The molecule has 0 heterocycles. The molecule has 1 unspecified atom stereocenters. The van der Waals surface area contributed by atoms with E-state index < -0.39 is 30.8 Å². The molecule has 0 rings (SSSR count). The SMILES string of the molecule is CO[Si](CCCN(CCC(C)(C)[Si](OC)(OC)OC)[P+](=O)[O-])(OC)OC. The Labute approximate surface area is 160 Å². The zero-order valence-corrected chi connectivity index (χ0v) is 20.1. The van der Waals surface area contributed by atoms with Gasteiger partial charge in [-0.25, -0.2) is 0 Å². The molecule has 0 bridgehead atoms. The van der Waals surface area contributed by atoms with Gasteiger partial charge in [-0.2, -0.15) is 0 Å². The molecule has 0 spiro atoms. The summed E-state index contributed by atoms with van der Waals surface area (Å²) in [5.74, 6) is 0. The first-order chi connectivity index (χ1) is 12.1. The highest BCUT2D eigenvalue weighted by Crippen LogP contribution is 2.42. The molecule has 0 aromatic rings. The fraction of sp³-hybridized carbons (Fsp3) is 1.00. The fourth-order valence-corrected chi connectivity index (χ4v) is 7.80. The molecule has 0 saturated heterocycles. The van der Waals surface area contributed by atoms with Crippen LogP contribution in [0.2, 0.25) is 11.1 Å². The van der Waals surface area contributed by atoms with Crippen LogP contribution in [0.1, 0.15) is 26.7 Å². The van der Waals surface area contributed by atoms with E-state index in [0.717, 1.165) is 0 Å². The van der Waals surface area contributed by atoms with Crippen LogP contribution in [0.25, 0.3) is 0 Å². The van der Waals surface area contributed by atoms with E-state index in [9.17, 15) is 9.46 Å². The van der Waals surface area contributed by atoms with Gasteiger partial charge in [0.15, 0.2) is 0 Å². The van der Waals surface area contributed by atoms with Crippen LogP contribution in [0.5, 0.6) is 0 Å². The summed E-state index contributed by atoms with van der Waals surface area (Å²) < 4.78 is 45.8. The maximum Gasteiger partial charge on any atom is 0.506 e. The van der Waals surface area contributed by atoms with Crippen molar-refractivity contribution in [3.63, 3.8) is 0 Å². The van der Waals surface area contributed by atoms with Gasteiger partial charge in [-0.3, -0.25) is 0 Å². The van der Waals surface area contributed by atoms with Gasteiger partial charge in [-0.15, -0.1) is 0 Å². The van der Waals surface area contributed by atoms with Crippen molar-refractivity contribution in [2.75, 3.05) is 55.7 Å². The molecule has 0 amide bonds. The molecule has 1 atom stereocenters. The smallest absolute Gasteiger partial charge is 0.506 e. The van der Waals surface area contributed by atoms with Gasteiger partial charge in [-0.05, 0) is 12.8 Å². The molecule has 12 heteroatoms. The Morgan fingerprint density at radius 2 is 1.35 bits per heavy atom. The van der Waals surface area contributed by atoms with Gasteiger partial charge in [0.25, 0.3) is 0 Å². The summed E-state index contributed by atoms with van der Waals surface area (Å²) >= 11 is 0. The highest BCUT2D eigenvalue weighted by molar-refractivity contribution is 7.33. The van der Waals surface area contributed by atoms with E-state index in [4.69, 9.17) is 26.6 Å². The molecule has 0 aliphatic heterocycles. The van der Waals surface area contributed by atoms with Crippen molar-refractivity contribution in [3.05, 3.63) is 0 Å². The van der Waals surface area contributed by atoms with Gasteiger partial charge in [0, 0.05) is 66.8 Å². The van der Waals surface area contributed by atoms with Crippen molar-refractivity contribution < 1.29 is 36.0 Å². The third kappa shape index (κ3) is 6.67. The van der Waals surface area contributed by atoms with Crippen LogP contribution in [-0.4, -0.2) is 78.0 Å². The van der Waals surface area contributed by atoms with Gasteiger partial charge in [0.1, 0.15) is 0 Å². The molecule has 156 valence electrons. The van der Waals surface area contributed by atoms with Gasteiger partial charge in [0.2, 0.25) is 0 Å². The van der Waals surface area contributed by atoms with Crippen LogP contribution in [0.4, 0.5) is 0 Å². The van der Waals surface area contributed by atoms with Crippen LogP contribution in [0.15, 0.2) is 0 Å². The Balaban J connectivity index is 4.87. The number of hydrogen-bond donors (Lipinski definition) is 0. The van der Waals surface area contributed by atoms with E-state index in [1.54, 1.807) is 21.3 Å². The first-order valence-corrected chi connectivity index (χ1v) is 13.1. The normalized spacial score (nSPS) is 14.2. The fourth-order valence-electron chi connectivity index (χ4n) is 2.95. The summed E-state index contributed by atoms with van der Waals surface area (Å²) in [7, 11) is 0.967. The van der Waals surface area contributed by atoms with Crippen molar-refractivity contribution in [2.45, 2.75) is 37.8 Å². The second kappa shape index (κ2) is 11.9. The second-order valence-corrected chi connectivity index (χ2v) is 14.2. The Kier molecular flexibility index (Phi) is 12.0. The van der Waals surface area contributed by atoms with Gasteiger partial charge in [0.05, 0.1) is 0 Å². The maximum absolute atomic E-state index is 11.6. The Morgan fingerprint density at radius 3 is 1.69 bits per heavy atom. The van der Waals surface area contributed by atoms with Crippen LogP contribution in [-0.2, 0) is 31.1 Å². The molecule has 0 aliphatic rings. The standard InChI is InChI=1S/C14H34NO8PSi2/c1-14(2,26(21-6,22-7)23-8)10-12-15(24(16)17)11-9-13-25(18-3,19-4)20-5/h9-13H2,1-8H3. The van der Waals surface area contributed by atoms with Crippen molar-refractivity contribution in [1.82, 2.24) is 4.67 Å². The summed E-state index contributed by atoms with van der Waals surface area (Å²) in [5.41, 5.74) is 0. The molecule has 0 radical (unpaired) electrons. The predicted molar refractivity (Wildman–Crippen MR) is 101 cm³/mol. The molecule has 0 N–H and O–H groups in total. The van der Waals surface area contributed by atoms with E-state index >= 15 is 0 Å². The minimum absolute atomic E-state index is 0.345. The third-order valence-corrected chi connectivity index (χ3v) is 11.9. The predicted octanol–water partition coefficient (Wildman–Crippen LogP) is 1.62. The van der Waals surface area contributed by atoms with E-state index in [2.05, 4.69) is 0 Å². The minimum atomic E-state index is -2.90. The molecule has 0 aliphatic carbocycles. The van der Waals surface area contributed by atoms with Crippen molar-refractivity contribution in [3.8, 4) is 0 Å². The van der Waals surface area contributed by atoms with E-state index in [1.165, 1.54) is 26.0 Å². The Hall–Kier alpha value is 0.214. The van der Waals surface area contributed by atoms with Gasteiger partial charge < -0.3 is 31.4 Å². The number of rotatable bonds is 15. The van der Waals surface area contributed by atoms with Crippen LogP contribution in [0.3, 0.4) is 0 Å². The van der Waals surface area contributed by atoms with Crippen LogP contribution < -0.4 is 4.89 Å². The maximum atomic E-state index is 11.6. The molecule has 26 heavy (non-hydrogen) atoms. The molecule has 0 fully saturated rings. The summed E-state index contributed by atoms with van der Waals surface area (Å²) in [6, 6.07) is 0.534. The van der Waals surface area contributed by atoms with Gasteiger partial charge >= 0.3 is 25.8 Å². The minimum Gasteiger partial charge on any atom is -0.578 e. The van der Waals surface area contributed by atoms with Crippen LogP contribution in [0, 0.1) is 0 Å². The Bertz CT molecular complexity index is 405. The van der Waals surface area contributed by atoms with Crippen LogP contribution >= 0.6 is 8.18 Å². The summed E-state index contributed by atoms with van der Waals surface area (Å²) in [5, 5.41) is -0.445. The lowest BCUT2D eigenvalue weighted by Crippen LogP contribution is -2.53. The molecule has 0 aromatic carbocycles. The summed E-state index contributed by atoms with van der Waals surface area (Å²) in [6.45, 7) is 4.63. The lowest BCUT2D eigenvalue weighted by molar-refractivity contribution is -0.175. The largest absolute Gasteiger partial charge is 0.578 e. The van der Waals surface area contributed by atoms with Crippen molar-refractivity contribution in [2.24, 2.45) is 0 Å². The second-order valence-electron chi connectivity index (χ2n) is 6.39. The first kappa shape index (κ1) is 26.2. The molecule has 0 aromatic heterocycles. The molecule has 9 nitrogen and oxygen atoms in total. The Morgan fingerprint density at radius 1 is 0.885 bits per heavy atom. The van der Waals surface area contributed by atoms with Crippen molar-refractivity contribution in [1.29, 1.82) is 0 Å². The summed E-state index contributed by atoms with van der Waals surface area (Å²) in [6.07, 6.45) is 1.12. The van der Waals surface area contributed by atoms with E-state index in [0.29, 0.717) is 32.0 Å². The van der Waals surface area contributed by atoms with Gasteiger partial charge in [-0.1, -0.05) is 23.1 Å². The zero-order valence-electron chi connectivity index (χ0n) is 17.2. The topological polar surface area (TPSA) is 98.8 Å². The third-order valence-electron chi connectivity index (χ3n) is 4.69. The van der Waals surface area contributed by atoms with Crippen molar-refractivity contribution >= 4 is 25.8 Å². The quantitative estimate of drug-likeness (QED) is 0.283. The van der Waals surface area contributed by atoms with E-state index in [-0.39, 0.29) is 0 Å². The monoisotopic (exact) mass is 431 g/mol.